The van der Waals surface area contributed by atoms with Gasteiger partial charge in [-0.05, 0) is 90.8 Å². The standard InChI is InChI=1S/C27H22BrFN2O4S/c1-16-9-17(2)11-22(10-16)30-25(32)14-31-26(33)24(36-27(31)34)13-19-12-20(28)5-8-23(19)35-15-18-3-6-21(29)7-4-18/h3-13H,14-15H2,1-2H3,(H,30,32)/b24-13-. The molecule has 1 heterocycles. The molecule has 1 saturated heterocycles. The lowest BCUT2D eigenvalue weighted by atomic mass is 10.1. The topological polar surface area (TPSA) is 75.7 Å². The summed E-state index contributed by atoms with van der Waals surface area (Å²) in [6.45, 7) is 3.65. The van der Waals surface area contributed by atoms with E-state index in [2.05, 4.69) is 21.2 Å². The zero-order valence-electron chi connectivity index (χ0n) is 19.5. The summed E-state index contributed by atoms with van der Waals surface area (Å²) in [5.74, 6) is -0.859. The lowest BCUT2D eigenvalue weighted by Gasteiger charge is -2.13. The van der Waals surface area contributed by atoms with Crippen LogP contribution < -0.4 is 10.1 Å². The third-order valence-corrected chi connectivity index (χ3v) is 6.65. The van der Waals surface area contributed by atoms with Crippen LogP contribution in [0.25, 0.3) is 6.08 Å². The maximum Gasteiger partial charge on any atom is 0.294 e. The number of hydrogen-bond donors (Lipinski definition) is 1. The quantitative estimate of drug-likeness (QED) is 0.331. The Labute approximate surface area is 220 Å². The highest BCUT2D eigenvalue weighted by atomic mass is 79.9. The summed E-state index contributed by atoms with van der Waals surface area (Å²) in [5.41, 5.74) is 3.95. The monoisotopic (exact) mass is 568 g/mol. The van der Waals surface area contributed by atoms with Crippen molar-refractivity contribution in [2.75, 3.05) is 11.9 Å². The number of nitrogens with zero attached hydrogens (tertiary/aromatic N) is 1. The number of ether oxygens (including phenoxy) is 1. The average molecular weight is 569 g/mol. The van der Waals surface area contributed by atoms with E-state index in [0.717, 1.165) is 37.8 Å². The molecular weight excluding hydrogens is 547 g/mol. The van der Waals surface area contributed by atoms with Crippen molar-refractivity contribution < 1.29 is 23.5 Å². The molecule has 3 amide bonds. The highest BCUT2D eigenvalue weighted by Gasteiger charge is 2.36. The summed E-state index contributed by atoms with van der Waals surface area (Å²) < 4.78 is 19.8. The largest absolute Gasteiger partial charge is 0.488 e. The van der Waals surface area contributed by atoms with Crippen LogP contribution in [-0.4, -0.2) is 28.5 Å². The summed E-state index contributed by atoms with van der Waals surface area (Å²) in [4.78, 5) is 39.2. The number of thioether (sulfide) groups is 1. The Morgan fingerprint density at radius 1 is 1.06 bits per heavy atom. The van der Waals surface area contributed by atoms with Crippen molar-refractivity contribution in [3.05, 3.63) is 98.1 Å². The molecule has 1 N–H and O–H groups in total. The van der Waals surface area contributed by atoms with Crippen molar-refractivity contribution in [3.63, 3.8) is 0 Å². The number of anilines is 1. The van der Waals surface area contributed by atoms with E-state index in [0.29, 0.717) is 17.0 Å². The highest BCUT2D eigenvalue weighted by molar-refractivity contribution is 9.10. The number of nitrogens with one attached hydrogen (secondary N) is 1. The maximum atomic E-state index is 13.2. The van der Waals surface area contributed by atoms with Gasteiger partial charge in [0.25, 0.3) is 11.1 Å². The number of carbonyl (C=O) groups is 3. The van der Waals surface area contributed by atoms with E-state index in [-0.39, 0.29) is 23.9 Å². The van der Waals surface area contributed by atoms with Crippen LogP contribution in [0.3, 0.4) is 0 Å². The van der Waals surface area contributed by atoms with E-state index in [1.54, 1.807) is 36.4 Å². The summed E-state index contributed by atoms with van der Waals surface area (Å²) in [5, 5.41) is 2.22. The first kappa shape index (κ1) is 25.7. The molecule has 36 heavy (non-hydrogen) atoms. The zero-order valence-corrected chi connectivity index (χ0v) is 21.9. The minimum Gasteiger partial charge on any atom is -0.488 e. The number of carbonyl (C=O) groups excluding carboxylic acids is 3. The molecular formula is C27H22BrFN2O4S. The van der Waals surface area contributed by atoms with Crippen molar-refractivity contribution >= 4 is 56.5 Å². The Morgan fingerprint density at radius 3 is 2.44 bits per heavy atom. The minimum atomic E-state index is -0.551. The van der Waals surface area contributed by atoms with Crippen LogP contribution in [0.4, 0.5) is 14.9 Å². The van der Waals surface area contributed by atoms with Crippen LogP contribution in [0.5, 0.6) is 5.75 Å². The van der Waals surface area contributed by atoms with Crippen molar-refractivity contribution in [2.45, 2.75) is 20.5 Å². The number of halogens is 2. The van der Waals surface area contributed by atoms with E-state index in [1.165, 1.54) is 12.1 Å². The molecule has 9 heteroatoms. The van der Waals surface area contributed by atoms with Crippen LogP contribution in [-0.2, 0) is 16.2 Å². The normalized spacial score (nSPS) is 14.4. The summed E-state index contributed by atoms with van der Waals surface area (Å²) in [7, 11) is 0. The van der Waals surface area contributed by atoms with Gasteiger partial charge in [-0.3, -0.25) is 19.3 Å². The molecule has 0 radical (unpaired) electrons. The molecule has 1 fully saturated rings. The molecule has 0 unspecified atom stereocenters. The molecule has 184 valence electrons. The average Bonchev–Trinajstić information content (AvgIpc) is 3.06. The SMILES string of the molecule is Cc1cc(C)cc(NC(=O)CN2C(=O)S/C(=C\c3cc(Br)ccc3OCc3ccc(F)cc3)C2=O)c1. The Hall–Kier alpha value is -3.43. The van der Waals surface area contributed by atoms with Crippen LogP contribution >= 0.6 is 27.7 Å². The van der Waals surface area contributed by atoms with E-state index in [4.69, 9.17) is 4.74 Å². The van der Waals surface area contributed by atoms with Crippen LogP contribution in [0, 0.1) is 19.7 Å². The van der Waals surface area contributed by atoms with Crippen molar-refractivity contribution in [2.24, 2.45) is 0 Å². The van der Waals surface area contributed by atoms with Gasteiger partial charge in [-0.25, -0.2) is 4.39 Å². The fraction of sp³-hybridized carbons (Fsp3) is 0.148. The van der Waals surface area contributed by atoms with Crippen molar-refractivity contribution in [1.82, 2.24) is 4.90 Å². The molecule has 0 bridgehead atoms. The number of benzene rings is 3. The first-order valence-electron chi connectivity index (χ1n) is 11.0. The molecule has 4 rings (SSSR count). The van der Waals surface area contributed by atoms with Gasteiger partial charge in [0, 0.05) is 15.7 Å². The number of rotatable bonds is 7. The van der Waals surface area contributed by atoms with E-state index < -0.39 is 17.1 Å². The second-order valence-electron chi connectivity index (χ2n) is 8.29. The van der Waals surface area contributed by atoms with Gasteiger partial charge in [-0.2, -0.15) is 0 Å². The molecule has 0 atom stereocenters. The molecule has 3 aromatic rings. The van der Waals surface area contributed by atoms with Gasteiger partial charge < -0.3 is 10.1 Å². The van der Waals surface area contributed by atoms with Gasteiger partial charge >= 0.3 is 0 Å². The van der Waals surface area contributed by atoms with Gasteiger partial charge in [0.15, 0.2) is 0 Å². The van der Waals surface area contributed by atoms with Crippen LogP contribution in [0.2, 0.25) is 0 Å². The van der Waals surface area contributed by atoms with Crippen LogP contribution in [0.15, 0.2) is 70.0 Å². The number of amides is 3. The summed E-state index contributed by atoms with van der Waals surface area (Å²) in [6, 6.07) is 16.9. The predicted molar refractivity (Wildman–Crippen MR) is 142 cm³/mol. The van der Waals surface area contributed by atoms with Gasteiger partial charge in [-0.1, -0.05) is 34.1 Å². The van der Waals surface area contributed by atoms with E-state index in [1.807, 2.05) is 32.0 Å². The lowest BCUT2D eigenvalue weighted by Crippen LogP contribution is -2.36. The first-order chi connectivity index (χ1) is 17.2. The lowest BCUT2D eigenvalue weighted by molar-refractivity contribution is -0.127. The zero-order chi connectivity index (χ0) is 25.8. The molecule has 0 saturated carbocycles. The predicted octanol–water partition coefficient (Wildman–Crippen LogP) is 6.46. The van der Waals surface area contributed by atoms with Crippen molar-refractivity contribution in [1.29, 1.82) is 0 Å². The summed E-state index contributed by atoms with van der Waals surface area (Å²) in [6.07, 6.45) is 1.57. The molecule has 0 spiro atoms. The first-order valence-corrected chi connectivity index (χ1v) is 12.6. The highest BCUT2D eigenvalue weighted by Crippen LogP contribution is 2.35. The third-order valence-electron chi connectivity index (χ3n) is 5.25. The molecule has 1 aliphatic rings. The van der Waals surface area contributed by atoms with Crippen molar-refractivity contribution in [3.8, 4) is 5.75 Å². The fourth-order valence-corrected chi connectivity index (χ4v) is 4.88. The van der Waals surface area contributed by atoms with E-state index >= 15 is 0 Å². The van der Waals surface area contributed by atoms with Gasteiger partial charge in [0.05, 0.1) is 4.91 Å². The second-order valence-corrected chi connectivity index (χ2v) is 10.2. The second kappa shape index (κ2) is 11.1. The van der Waals surface area contributed by atoms with Gasteiger partial charge in [0.2, 0.25) is 5.91 Å². The number of hydrogen-bond acceptors (Lipinski definition) is 5. The molecule has 6 nitrogen and oxygen atoms in total. The Bertz CT molecular complexity index is 1350. The summed E-state index contributed by atoms with van der Waals surface area (Å²) >= 11 is 4.18. The molecule has 0 aromatic heterocycles. The molecule has 3 aromatic carbocycles. The van der Waals surface area contributed by atoms with Gasteiger partial charge in [-0.15, -0.1) is 0 Å². The van der Waals surface area contributed by atoms with Gasteiger partial charge in [0.1, 0.15) is 24.7 Å². The number of imide groups is 1. The van der Waals surface area contributed by atoms with Crippen LogP contribution in [0.1, 0.15) is 22.3 Å². The Morgan fingerprint density at radius 2 is 1.75 bits per heavy atom. The Balaban J connectivity index is 1.48. The number of aryl methyl sites for hydroxylation is 2. The third kappa shape index (κ3) is 6.41. The smallest absolute Gasteiger partial charge is 0.294 e. The fourth-order valence-electron chi connectivity index (χ4n) is 3.67. The maximum absolute atomic E-state index is 13.2. The molecule has 1 aliphatic heterocycles. The van der Waals surface area contributed by atoms with E-state index in [9.17, 15) is 18.8 Å². The Kier molecular flexibility index (Phi) is 7.91. The minimum absolute atomic E-state index is 0.184. The molecule has 0 aliphatic carbocycles.